The molecule has 8 heteroatoms. The summed E-state index contributed by atoms with van der Waals surface area (Å²) < 4.78 is 43.3. The molecule has 1 aromatic carbocycles. The van der Waals surface area contributed by atoms with Crippen molar-refractivity contribution in [3.05, 3.63) is 46.8 Å². The maximum Gasteiger partial charge on any atom is 0.417 e. The molecule has 2 aromatic rings. The Kier molecular flexibility index (Phi) is 4.40. The highest BCUT2D eigenvalue weighted by molar-refractivity contribution is 7.12. The molecule has 2 N–H and O–H groups in total. The Morgan fingerprint density at radius 3 is 2.58 bits per heavy atom. The van der Waals surface area contributed by atoms with Gasteiger partial charge in [0, 0.05) is 35.1 Å². The van der Waals surface area contributed by atoms with Crippen LogP contribution in [0.2, 0.25) is 0 Å². The van der Waals surface area contributed by atoms with Crippen LogP contribution in [0.5, 0.6) is 10.8 Å². The van der Waals surface area contributed by atoms with Gasteiger partial charge in [0.1, 0.15) is 5.75 Å². The van der Waals surface area contributed by atoms with E-state index >= 15 is 0 Å². The molecule has 3 unspecified atom stereocenters. The molecular weight excluding hydrogens is 365 g/mol. The monoisotopic (exact) mass is 382 g/mol. The largest absolute Gasteiger partial charge is 0.447 e. The van der Waals surface area contributed by atoms with Gasteiger partial charge in [0.05, 0.1) is 5.56 Å². The van der Waals surface area contributed by atoms with Gasteiger partial charge in [-0.2, -0.15) is 13.2 Å². The second-order valence-electron chi connectivity index (χ2n) is 6.64. The molecule has 4 rings (SSSR count). The fourth-order valence-electron chi connectivity index (χ4n) is 3.54. The van der Waals surface area contributed by atoms with E-state index in [0.29, 0.717) is 23.4 Å². The number of hydrogen-bond donors (Lipinski definition) is 2. The number of carbonyl (C=O) groups is 1. The van der Waals surface area contributed by atoms with Crippen LogP contribution in [-0.4, -0.2) is 24.0 Å². The molecule has 138 valence electrons. The van der Waals surface area contributed by atoms with Crippen molar-refractivity contribution in [2.45, 2.75) is 43.6 Å². The van der Waals surface area contributed by atoms with Crippen LogP contribution in [0.15, 0.2) is 35.7 Å². The molecule has 0 radical (unpaired) electrons. The summed E-state index contributed by atoms with van der Waals surface area (Å²) in [6.45, 7) is 0. The summed E-state index contributed by atoms with van der Waals surface area (Å²) in [5.41, 5.74) is -0.227. The summed E-state index contributed by atoms with van der Waals surface area (Å²) in [5.74, 6) is 0.241. The smallest absolute Gasteiger partial charge is 0.417 e. The summed E-state index contributed by atoms with van der Waals surface area (Å²) in [6, 6.07) is 8.38. The summed E-state index contributed by atoms with van der Waals surface area (Å²) in [4.78, 5) is 12.4. The first-order chi connectivity index (χ1) is 12.4. The van der Waals surface area contributed by atoms with Crippen LogP contribution >= 0.6 is 11.3 Å². The van der Waals surface area contributed by atoms with Gasteiger partial charge in [0.2, 0.25) is 0 Å². The normalized spacial score (nSPS) is 24.7. The zero-order chi connectivity index (χ0) is 18.3. The van der Waals surface area contributed by atoms with Crippen LogP contribution in [-0.2, 0) is 6.18 Å². The van der Waals surface area contributed by atoms with Crippen molar-refractivity contribution >= 4 is 17.2 Å². The van der Waals surface area contributed by atoms with Crippen molar-refractivity contribution in [1.82, 2.24) is 10.6 Å². The van der Waals surface area contributed by atoms with E-state index in [1.807, 2.05) is 0 Å². The number of fused-ring (bicyclic) bond motifs is 2. The average Bonchev–Trinajstić information content (AvgIpc) is 3.31. The number of amides is 1. The first-order valence-corrected chi connectivity index (χ1v) is 9.27. The molecule has 26 heavy (non-hydrogen) atoms. The Morgan fingerprint density at radius 2 is 2.00 bits per heavy atom. The summed E-state index contributed by atoms with van der Waals surface area (Å²) in [5, 5.41) is 7.69. The van der Waals surface area contributed by atoms with Gasteiger partial charge in [-0.1, -0.05) is 0 Å². The number of thiophene rings is 1. The van der Waals surface area contributed by atoms with E-state index in [0.717, 1.165) is 35.6 Å². The quantitative estimate of drug-likeness (QED) is 0.834. The summed E-state index contributed by atoms with van der Waals surface area (Å²) >= 11 is 0.881. The fourth-order valence-corrected chi connectivity index (χ4v) is 4.33. The number of ether oxygens (including phenoxy) is 1. The number of benzene rings is 1. The van der Waals surface area contributed by atoms with Crippen LogP contribution in [0.25, 0.3) is 0 Å². The Labute approximate surface area is 152 Å². The number of nitrogens with one attached hydrogen (secondary N) is 2. The van der Waals surface area contributed by atoms with Crippen LogP contribution in [0.3, 0.4) is 0 Å². The first kappa shape index (κ1) is 17.4. The molecule has 3 atom stereocenters. The lowest BCUT2D eigenvalue weighted by Crippen LogP contribution is -2.42. The zero-order valence-electron chi connectivity index (χ0n) is 13.7. The summed E-state index contributed by atoms with van der Waals surface area (Å²) in [6.07, 6.45) is -1.17. The molecule has 2 fully saturated rings. The lowest BCUT2D eigenvalue weighted by atomic mass is 9.95. The molecule has 1 amide bonds. The Hall–Kier alpha value is -2.06. The maximum absolute atomic E-state index is 12.6. The van der Waals surface area contributed by atoms with Crippen LogP contribution < -0.4 is 15.4 Å². The molecule has 2 saturated heterocycles. The van der Waals surface area contributed by atoms with Crippen LogP contribution in [0.4, 0.5) is 13.2 Å². The number of hydrogen-bond acceptors (Lipinski definition) is 4. The predicted octanol–water partition coefficient (Wildman–Crippen LogP) is 4.18. The van der Waals surface area contributed by atoms with Crippen molar-refractivity contribution in [3.8, 4) is 10.8 Å². The van der Waals surface area contributed by atoms with Crippen molar-refractivity contribution in [3.63, 3.8) is 0 Å². The molecular formula is C18H17F3N2O2S. The summed E-state index contributed by atoms with van der Waals surface area (Å²) in [7, 11) is 0. The van der Waals surface area contributed by atoms with Gasteiger partial charge in [0.25, 0.3) is 5.91 Å². The molecule has 3 heterocycles. The minimum absolute atomic E-state index is 0.147. The number of alkyl halides is 3. The third-order valence-electron chi connectivity index (χ3n) is 4.85. The minimum atomic E-state index is -4.38. The van der Waals surface area contributed by atoms with E-state index in [-0.39, 0.29) is 17.0 Å². The third kappa shape index (κ3) is 3.57. The Balaban J connectivity index is 1.37. The third-order valence-corrected chi connectivity index (χ3v) is 5.66. The Morgan fingerprint density at radius 1 is 1.23 bits per heavy atom. The van der Waals surface area contributed by atoms with E-state index in [4.69, 9.17) is 4.74 Å². The number of rotatable bonds is 4. The number of carbonyl (C=O) groups excluding carboxylic acids is 1. The average molecular weight is 382 g/mol. The van der Waals surface area contributed by atoms with Gasteiger partial charge in [-0.15, -0.1) is 11.3 Å². The lowest BCUT2D eigenvalue weighted by Gasteiger charge is -2.21. The topological polar surface area (TPSA) is 50.4 Å². The van der Waals surface area contributed by atoms with E-state index in [2.05, 4.69) is 10.6 Å². The van der Waals surface area contributed by atoms with Gasteiger partial charge in [0.15, 0.2) is 5.06 Å². The van der Waals surface area contributed by atoms with Crippen molar-refractivity contribution < 1.29 is 22.7 Å². The fraction of sp³-hybridized carbons (Fsp3) is 0.389. The Bertz CT molecular complexity index is 804. The molecule has 0 spiro atoms. The van der Waals surface area contributed by atoms with E-state index in [1.54, 1.807) is 24.3 Å². The predicted molar refractivity (Wildman–Crippen MR) is 91.7 cm³/mol. The van der Waals surface area contributed by atoms with E-state index in [9.17, 15) is 18.0 Å². The highest BCUT2D eigenvalue weighted by atomic mass is 32.1. The molecule has 2 aliphatic heterocycles. The van der Waals surface area contributed by atoms with E-state index in [1.165, 1.54) is 6.42 Å². The minimum Gasteiger partial charge on any atom is -0.447 e. The van der Waals surface area contributed by atoms with Crippen LogP contribution in [0, 0.1) is 0 Å². The molecule has 4 nitrogen and oxygen atoms in total. The molecule has 2 bridgehead atoms. The highest BCUT2D eigenvalue weighted by Gasteiger charge is 2.39. The van der Waals surface area contributed by atoms with Gasteiger partial charge in [-0.3, -0.25) is 4.79 Å². The standard InChI is InChI=1S/C18H17F3N2O2S/c19-18(20,21)11-7-16(26-9-11)25-13-4-1-10(2-5-13)17(24)23-15-8-12-3-6-14(15)22-12/h1-2,4-5,7,9,12,14-15,22H,3,6,8H2,(H,23,24). The van der Waals surface area contributed by atoms with Crippen molar-refractivity contribution in [1.29, 1.82) is 0 Å². The lowest BCUT2D eigenvalue weighted by molar-refractivity contribution is -0.137. The van der Waals surface area contributed by atoms with Gasteiger partial charge in [-0.05, 0) is 43.5 Å². The van der Waals surface area contributed by atoms with E-state index < -0.39 is 11.7 Å². The molecule has 2 aliphatic rings. The van der Waals surface area contributed by atoms with Crippen molar-refractivity contribution in [2.75, 3.05) is 0 Å². The van der Waals surface area contributed by atoms with Crippen molar-refractivity contribution in [2.24, 2.45) is 0 Å². The highest BCUT2D eigenvalue weighted by Crippen LogP contribution is 2.37. The van der Waals surface area contributed by atoms with Crippen LogP contribution in [0.1, 0.15) is 35.2 Å². The second kappa shape index (κ2) is 6.59. The molecule has 1 aromatic heterocycles. The van der Waals surface area contributed by atoms with Gasteiger partial charge >= 0.3 is 6.18 Å². The second-order valence-corrected chi connectivity index (χ2v) is 7.52. The maximum atomic E-state index is 12.6. The first-order valence-electron chi connectivity index (χ1n) is 8.39. The van der Waals surface area contributed by atoms with Gasteiger partial charge in [-0.25, -0.2) is 0 Å². The zero-order valence-corrected chi connectivity index (χ0v) is 14.5. The SMILES string of the molecule is O=C(NC1CC2CCC1N2)c1ccc(Oc2cc(C(F)(F)F)cs2)cc1. The molecule has 0 aliphatic carbocycles. The van der Waals surface area contributed by atoms with Gasteiger partial charge < -0.3 is 15.4 Å². The number of halogens is 3. The molecule has 0 saturated carbocycles.